The highest BCUT2D eigenvalue weighted by atomic mass is 14.6. The van der Waals surface area contributed by atoms with Crippen LogP contribution in [-0.4, -0.2) is 0 Å². The number of fused-ring (bicyclic) bond motifs is 4. The van der Waals surface area contributed by atoms with E-state index < -0.39 is 0 Å². The van der Waals surface area contributed by atoms with E-state index in [0.29, 0.717) is 16.2 Å². The largest absolute Gasteiger partial charge is 0.0859 e. The van der Waals surface area contributed by atoms with Crippen LogP contribution in [-0.2, 0) is 0 Å². The van der Waals surface area contributed by atoms with Crippen molar-refractivity contribution >= 4 is 0 Å². The van der Waals surface area contributed by atoms with Crippen molar-refractivity contribution in [3.8, 4) is 0 Å². The van der Waals surface area contributed by atoms with Gasteiger partial charge in [-0.3, -0.25) is 0 Å². The molecule has 0 amide bonds. The van der Waals surface area contributed by atoms with Gasteiger partial charge in [-0.15, -0.1) is 0 Å². The van der Waals surface area contributed by atoms with Crippen molar-refractivity contribution in [2.45, 2.75) is 119 Å². The average molecular weight is 397 g/mol. The summed E-state index contributed by atoms with van der Waals surface area (Å²) in [5, 5.41) is 0. The Balaban J connectivity index is 1.58. The third-order valence-corrected chi connectivity index (χ3v) is 10.6. The molecule has 2 fully saturated rings. The van der Waals surface area contributed by atoms with Crippen LogP contribution in [0.4, 0.5) is 0 Å². The number of rotatable bonds is 4. The summed E-state index contributed by atoms with van der Waals surface area (Å²) < 4.78 is 0. The first-order valence-electron chi connectivity index (χ1n) is 13.0. The minimum atomic E-state index is 0.518. The molecule has 2 saturated carbocycles. The third-order valence-electron chi connectivity index (χ3n) is 10.6. The summed E-state index contributed by atoms with van der Waals surface area (Å²) in [5.41, 5.74) is 7.08. The lowest BCUT2D eigenvalue weighted by Gasteiger charge is -2.58. The van der Waals surface area contributed by atoms with Gasteiger partial charge in [0.25, 0.3) is 0 Å². The Labute approximate surface area is 182 Å². The van der Waals surface area contributed by atoms with E-state index in [2.05, 4.69) is 54.5 Å². The first-order valence-corrected chi connectivity index (χ1v) is 13.0. The Morgan fingerprint density at radius 1 is 1.00 bits per heavy atom. The van der Waals surface area contributed by atoms with Crippen molar-refractivity contribution in [1.82, 2.24) is 0 Å². The highest BCUT2D eigenvalue weighted by molar-refractivity contribution is 5.35. The molecule has 6 atom stereocenters. The lowest BCUT2D eigenvalue weighted by Crippen LogP contribution is -2.48. The van der Waals surface area contributed by atoms with Gasteiger partial charge in [0.05, 0.1) is 0 Å². The fourth-order valence-electron chi connectivity index (χ4n) is 9.20. The zero-order valence-corrected chi connectivity index (χ0v) is 20.7. The molecule has 0 aromatic carbocycles. The summed E-state index contributed by atoms with van der Waals surface area (Å²) in [7, 11) is 0. The second-order valence-electron chi connectivity index (χ2n) is 12.9. The second-order valence-corrected chi connectivity index (χ2v) is 12.9. The Bertz CT molecular complexity index is 687. The fraction of sp³-hybridized carbons (Fsp3) is 0.862. The van der Waals surface area contributed by atoms with Crippen LogP contribution in [0.25, 0.3) is 0 Å². The predicted molar refractivity (Wildman–Crippen MR) is 127 cm³/mol. The van der Waals surface area contributed by atoms with Crippen molar-refractivity contribution in [2.24, 2.45) is 39.9 Å². The van der Waals surface area contributed by atoms with Crippen LogP contribution in [0.15, 0.2) is 22.8 Å². The molecule has 4 rings (SSSR count). The maximum Gasteiger partial charge on any atom is -0.00802 e. The number of hydrogen-bond acceptors (Lipinski definition) is 0. The van der Waals surface area contributed by atoms with E-state index in [0.717, 1.165) is 23.7 Å². The maximum absolute atomic E-state index is 2.70. The summed E-state index contributed by atoms with van der Waals surface area (Å²) in [6.45, 7) is 17.6. The highest BCUT2D eigenvalue weighted by Crippen LogP contribution is 2.68. The highest BCUT2D eigenvalue weighted by Gasteiger charge is 2.57. The molecule has 0 heteroatoms. The molecule has 0 heterocycles. The van der Waals surface area contributed by atoms with Crippen molar-refractivity contribution in [3.05, 3.63) is 22.8 Å². The predicted octanol–water partition coefficient (Wildman–Crippen LogP) is 9.12. The van der Waals surface area contributed by atoms with Crippen molar-refractivity contribution in [1.29, 1.82) is 0 Å². The lowest BCUT2D eigenvalue weighted by molar-refractivity contribution is -0.00386. The fourth-order valence-corrected chi connectivity index (χ4v) is 9.20. The number of hydrogen-bond donors (Lipinski definition) is 0. The Hall–Kier alpha value is -0.520. The minimum absolute atomic E-state index is 0.518. The summed E-state index contributed by atoms with van der Waals surface area (Å²) in [5.74, 6) is 3.65. The molecule has 0 spiro atoms. The van der Waals surface area contributed by atoms with E-state index in [1.165, 1.54) is 76.2 Å². The van der Waals surface area contributed by atoms with Gasteiger partial charge in [0, 0.05) is 0 Å². The molecule has 0 aromatic rings. The van der Waals surface area contributed by atoms with Gasteiger partial charge in [-0.2, -0.15) is 0 Å². The molecule has 0 bridgehead atoms. The van der Waals surface area contributed by atoms with Crippen LogP contribution < -0.4 is 0 Å². The molecule has 4 aliphatic rings. The molecule has 0 nitrogen and oxygen atoms in total. The zero-order valence-electron chi connectivity index (χ0n) is 20.7. The topological polar surface area (TPSA) is 0 Å². The average Bonchev–Trinajstić information content (AvgIpc) is 2.98. The molecule has 4 aliphatic carbocycles. The molecule has 1 unspecified atom stereocenters. The molecule has 164 valence electrons. The van der Waals surface area contributed by atoms with Gasteiger partial charge in [-0.1, -0.05) is 63.8 Å². The molecule has 0 radical (unpaired) electrons. The van der Waals surface area contributed by atoms with Crippen LogP contribution in [0.3, 0.4) is 0 Å². The van der Waals surface area contributed by atoms with E-state index in [4.69, 9.17) is 0 Å². The van der Waals surface area contributed by atoms with Crippen molar-refractivity contribution < 1.29 is 0 Å². The van der Waals surface area contributed by atoms with Crippen LogP contribution in [0.1, 0.15) is 119 Å². The zero-order chi connectivity index (χ0) is 21.0. The Kier molecular flexibility index (Phi) is 5.66. The van der Waals surface area contributed by atoms with Gasteiger partial charge >= 0.3 is 0 Å². The van der Waals surface area contributed by atoms with E-state index >= 15 is 0 Å². The standard InChI is InChI=1S/C29H48/c1-20(2)10-8-11-21(3)23-13-14-24-22-12-15-26-27(4,5)17-9-18-29(26,7)25(22)16-19-28(23,24)6/h10,21,23-24,26H,8-9,11-19H2,1-7H3/t21-,23-,24+,26?,28-,29-/m1/s1. The monoisotopic (exact) mass is 396 g/mol. The molecular weight excluding hydrogens is 348 g/mol. The van der Waals surface area contributed by atoms with E-state index in [9.17, 15) is 0 Å². The smallest absolute Gasteiger partial charge is 0.00802 e. The van der Waals surface area contributed by atoms with Crippen LogP contribution >= 0.6 is 0 Å². The summed E-state index contributed by atoms with van der Waals surface area (Å²) in [6.07, 6.45) is 18.2. The second kappa shape index (κ2) is 7.56. The molecule has 0 aliphatic heterocycles. The van der Waals surface area contributed by atoms with Gasteiger partial charge in [-0.25, -0.2) is 0 Å². The molecule has 0 aromatic heterocycles. The minimum Gasteiger partial charge on any atom is -0.0859 e. The summed E-state index contributed by atoms with van der Waals surface area (Å²) in [4.78, 5) is 0. The molecule has 29 heavy (non-hydrogen) atoms. The van der Waals surface area contributed by atoms with Gasteiger partial charge in [0.1, 0.15) is 0 Å². The van der Waals surface area contributed by atoms with Gasteiger partial charge in [0.15, 0.2) is 0 Å². The molecule has 0 N–H and O–H groups in total. The van der Waals surface area contributed by atoms with E-state index in [1.54, 1.807) is 0 Å². The van der Waals surface area contributed by atoms with Gasteiger partial charge in [-0.05, 0) is 118 Å². The van der Waals surface area contributed by atoms with Crippen LogP contribution in [0, 0.1) is 39.9 Å². The van der Waals surface area contributed by atoms with Crippen molar-refractivity contribution in [2.75, 3.05) is 0 Å². The van der Waals surface area contributed by atoms with Crippen LogP contribution in [0.2, 0.25) is 0 Å². The van der Waals surface area contributed by atoms with Crippen molar-refractivity contribution in [3.63, 3.8) is 0 Å². The quantitative estimate of drug-likeness (QED) is 0.415. The molecular formula is C29H48. The summed E-state index contributed by atoms with van der Waals surface area (Å²) >= 11 is 0. The van der Waals surface area contributed by atoms with E-state index in [-0.39, 0.29) is 0 Å². The van der Waals surface area contributed by atoms with Gasteiger partial charge < -0.3 is 0 Å². The summed E-state index contributed by atoms with van der Waals surface area (Å²) in [6, 6.07) is 0. The normalized spacial score (nSPS) is 42.0. The van der Waals surface area contributed by atoms with E-state index in [1.807, 2.05) is 11.1 Å². The lowest BCUT2D eigenvalue weighted by atomic mass is 9.46. The van der Waals surface area contributed by atoms with Gasteiger partial charge in [0.2, 0.25) is 0 Å². The first kappa shape index (κ1) is 21.7. The maximum atomic E-state index is 2.70. The molecule has 0 saturated heterocycles. The Morgan fingerprint density at radius 3 is 2.48 bits per heavy atom. The SMILES string of the molecule is CC(C)=CCC[C@@H](C)[C@H]1CC[C@H]2C3=C(CC[C@]12C)[C@@]1(C)CCCC(C)(C)C1CC3. The third kappa shape index (κ3) is 3.49. The Morgan fingerprint density at radius 2 is 1.76 bits per heavy atom. The van der Waals surface area contributed by atoms with Crippen LogP contribution in [0.5, 0.6) is 0 Å². The first-order chi connectivity index (χ1) is 13.6. The number of allylic oxidation sites excluding steroid dienone is 4.